The molecule has 0 aromatic carbocycles. The van der Waals surface area contributed by atoms with Crippen molar-refractivity contribution in [3.8, 4) is 0 Å². The van der Waals surface area contributed by atoms with E-state index in [0.29, 0.717) is 32.1 Å². The van der Waals surface area contributed by atoms with Crippen molar-refractivity contribution in [3.63, 3.8) is 0 Å². The number of carboxylic acids is 1. The highest BCUT2D eigenvalue weighted by Crippen LogP contribution is 2.26. The molecular formula is C69H102O12. The van der Waals surface area contributed by atoms with E-state index in [1.807, 2.05) is 30.4 Å². The molecule has 0 aromatic rings. The molecule has 12 heteroatoms. The van der Waals surface area contributed by atoms with Gasteiger partial charge in [0.15, 0.2) is 24.6 Å². The number of ether oxygens (including phenoxy) is 5. The number of allylic oxidation sites excluding steroid dienone is 28. The average molecular weight is 1120 g/mol. The van der Waals surface area contributed by atoms with Crippen molar-refractivity contribution in [1.82, 2.24) is 0 Å². The first-order chi connectivity index (χ1) is 39.6. The van der Waals surface area contributed by atoms with Gasteiger partial charge in [-0.25, -0.2) is 4.79 Å². The number of hydrogen-bond acceptors (Lipinski definition) is 11. The molecule has 0 aromatic heterocycles. The third kappa shape index (κ3) is 44.4. The molecule has 12 nitrogen and oxygen atoms in total. The lowest BCUT2D eigenvalue weighted by Gasteiger charge is -2.40. The van der Waals surface area contributed by atoms with Crippen molar-refractivity contribution in [2.24, 2.45) is 0 Å². The van der Waals surface area contributed by atoms with Crippen molar-refractivity contribution in [2.45, 2.75) is 225 Å². The standard InChI is InChI=1S/C69H102O12/c1-4-7-10-13-16-19-22-25-27-29-31-33-35-38-40-43-46-49-52-55-61(70)77-58-60(79-62(71)56-53-50-47-44-42-39-36-34-32-30-28-26-23-20-17-14-11-8-5-2)59-78-69-67(65(74)64(73)66(81-69)68(75)76)80-63(72)57-54-51-48-45-41-37-24-21-18-15-12-9-6-3/h7-12,16-21,25-28,31-34,37-38,40-41,46,48-49,51,60,64-67,69,73-74H,4-6,13-15,22-24,29-30,35-36,39,42-45,47,50,52-59H2,1-3H3,(H,75,76)/b10-7-,11-8-,12-9-,19-16-,20-17-,21-18-,27-25-,28-26-,33-31-,34-32-,40-38-,41-37-,49-46-,51-48-. The smallest absolute Gasteiger partial charge is 0.335 e. The minimum absolute atomic E-state index is 0.0716. The number of aliphatic carboxylic acids is 1. The van der Waals surface area contributed by atoms with E-state index < -0.39 is 67.3 Å². The summed E-state index contributed by atoms with van der Waals surface area (Å²) in [5.41, 5.74) is 0. The van der Waals surface area contributed by atoms with Crippen LogP contribution in [-0.2, 0) is 42.9 Å². The number of carbonyl (C=O) groups is 4. The predicted molar refractivity (Wildman–Crippen MR) is 330 cm³/mol. The summed E-state index contributed by atoms with van der Waals surface area (Å²) in [6, 6.07) is 0. The van der Waals surface area contributed by atoms with Crippen molar-refractivity contribution < 1.29 is 58.2 Å². The van der Waals surface area contributed by atoms with Crippen molar-refractivity contribution in [1.29, 1.82) is 0 Å². The van der Waals surface area contributed by atoms with Gasteiger partial charge >= 0.3 is 23.9 Å². The van der Waals surface area contributed by atoms with E-state index in [0.717, 1.165) is 116 Å². The summed E-state index contributed by atoms with van der Waals surface area (Å²) in [5.74, 6) is -3.39. The lowest BCUT2D eigenvalue weighted by atomic mass is 9.98. The van der Waals surface area contributed by atoms with Gasteiger partial charge < -0.3 is 39.0 Å². The van der Waals surface area contributed by atoms with Crippen molar-refractivity contribution >= 4 is 23.9 Å². The first kappa shape index (κ1) is 73.1. The minimum Gasteiger partial charge on any atom is -0.479 e. The molecule has 1 saturated heterocycles. The Hall–Kier alpha value is -5.92. The maximum atomic E-state index is 13.2. The Balaban J connectivity index is 2.79. The fraction of sp³-hybridized carbons (Fsp3) is 0.536. The Morgan fingerprint density at radius 3 is 1.17 bits per heavy atom. The van der Waals surface area contributed by atoms with Gasteiger partial charge in [0.2, 0.25) is 0 Å². The van der Waals surface area contributed by atoms with Gasteiger partial charge in [-0.3, -0.25) is 14.4 Å². The predicted octanol–water partition coefficient (Wildman–Crippen LogP) is 15.9. The van der Waals surface area contributed by atoms with E-state index in [9.17, 15) is 34.5 Å². The van der Waals surface area contributed by atoms with Crippen molar-refractivity contribution in [3.05, 3.63) is 170 Å². The Morgan fingerprint density at radius 1 is 0.407 bits per heavy atom. The Kier molecular flexibility index (Phi) is 49.3. The number of unbranched alkanes of at least 4 members (excludes halogenated alkanes) is 6. The zero-order valence-corrected chi connectivity index (χ0v) is 49.4. The first-order valence-electron chi connectivity index (χ1n) is 30.1. The fourth-order valence-corrected chi connectivity index (χ4v) is 7.81. The van der Waals surface area contributed by atoms with Gasteiger partial charge in [-0.1, -0.05) is 217 Å². The molecule has 6 atom stereocenters. The average Bonchev–Trinajstić information content (AvgIpc) is 3.46. The van der Waals surface area contributed by atoms with Gasteiger partial charge in [0, 0.05) is 19.3 Å². The Labute approximate surface area is 487 Å². The highest BCUT2D eigenvalue weighted by Gasteiger charge is 2.50. The van der Waals surface area contributed by atoms with Gasteiger partial charge in [0.05, 0.1) is 6.61 Å². The molecule has 0 spiro atoms. The number of esters is 3. The highest BCUT2D eigenvalue weighted by atomic mass is 16.7. The summed E-state index contributed by atoms with van der Waals surface area (Å²) >= 11 is 0. The number of rotatable bonds is 48. The lowest BCUT2D eigenvalue weighted by Crippen LogP contribution is -2.61. The molecule has 0 bridgehead atoms. The molecule has 1 fully saturated rings. The summed E-state index contributed by atoms with van der Waals surface area (Å²) in [7, 11) is 0. The van der Waals surface area contributed by atoms with Crippen LogP contribution in [0.2, 0.25) is 0 Å². The van der Waals surface area contributed by atoms with Crippen LogP contribution in [0.1, 0.15) is 188 Å². The van der Waals surface area contributed by atoms with Gasteiger partial charge in [0.25, 0.3) is 0 Å². The van der Waals surface area contributed by atoms with Crippen LogP contribution in [0.15, 0.2) is 170 Å². The van der Waals surface area contributed by atoms with Gasteiger partial charge in [-0.05, 0) is 122 Å². The highest BCUT2D eigenvalue weighted by molar-refractivity contribution is 5.74. The topological polar surface area (TPSA) is 175 Å². The quantitative estimate of drug-likeness (QED) is 0.0228. The number of aliphatic hydroxyl groups excluding tert-OH is 2. The van der Waals surface area contributed by atoms with E-state index >= 15 is 0 Å². The van der Waals surface area contributed by atoms with Gasteiger partial charge in [-0.2, -0.15) is 0 Å². The van der Waals surface area contributed by atoms with E-state index in [1.54, 1.807) is 0 Å². The number of carboxylic acid groups (broad SMARTS) is 1. The SMILES string of the molecule is CC/C=C\C/C=C\C/C=C\C/C=C\C/C=C\C/C=C\CCC(=O)OCC(COC1OC(C(=O)O)C(O)C(O)C1OC(=O)CC/C=C\C/C=C\C/C=C\C/C=C\CC)OC(=O)CCCCCCCC/C=C\C/C=C\C/C=C\C/C=C\CC. The molecule has 450 valence electrons. The van der Waals surface area contributed by atoms with Crippen LogP contribution < -0.4 is 0 Å². The summed E-state index contributed by atoms with van der Waals surface area (Å²) < 4.78 is 28.2. The van der Waals surface area contributed by atoms with E-state index in [2.05, 4.69) is 161 Å². The number of aliphatic hydroxyl groups is 2. The Morgan fingerprint density at radius 2 is 0.765 bits per heavy atom. The summed E-state index contributed by atoms with van der Waals surface area (Å²) in [5, 5.41) is 31.5. The molecule has 1 rings (SSSR count). The second kappa shape index (κ2) is 54.7. The molecule has 0 radical (unpaired) electrons. The molecule has 1 aliphatic rings. The molecule has 0 amide bonds. The third-order valence-corrected chi connectivity index (χ3v) is 12.3. The van der Waals surface area contributed by atoms with Crippen LogP contribution in [0.5, 0.6) is 0 Å². The normalized spacial score (nSPS) is 19.0. The van der Waals surface area contributed by atoms with Crippen LogP contribution in [-0.4, -0.2) is 89.2 Å². The maximum absolute atomic E-state index is 13.2. The molecule has 1 aliphatic heterocycles. The molecule has 3 N–H and O–H groups in total. The van der Waals surface area contributed by atoms with E-state index in [-0.39, 0.29) is 25.9 Å². The first-order valence-corrected chi connectivity index (χ1v) is 30.1. The zero-order chi connectivity index (χ0) is 58.9. The molecule has 81 heavy (non-hydrogen) atoms. The summed E-state index contributed by atoms with van der Waals surface area (Å²) in [6.45, 7) is 5.51. The monoisotopic (exact) mass is 1120 g/mol. The number of carbonyl (C=O) groups excluding carboxylic acids is 3. The summed E-state index contributed by atoms with van der Waals surface area (Å²) in [6.07, 6.45) is 69.2. The van der Waals surface area contributed by atoms with Gasteiger partial charge in [0.1, 0.15) is 18.8 Å². The minimum atomic E-state index is -1.95. The fourth-order valence-electron chi connectivity index (χ4n) is 7.81. The Bertz CT molecular complexity index is 2060. The second-order valence-electron chi connectivity index (χ2n) is 19.5. The van der Waals surface area contributed by atoms with Crippen LogP contribution in [0.4, 0.5) is 0 Å². The lowest BCUT2D eigenvalue weighted by molar-refractivity contribution is -0.301. The summed E-state index contributed by atoms with van der Waals surface area (Å²) in [4.78, 5) is 51.1. The molecule has 6 unspecified atom stereocenters. The van der Waals surface area contributed by atoms with Crippen LogP contribution in [0, 0.1) is 0 Å². The molecule has 0 saturated carbocycles. The van der Waals surface area contributed by atoms with Crippen molar-refractivity contribution in [2.75, 3.05) is 13.2 Å². The molecule has 0 aliphatic carbocycles. The van der Waals surface area contributed by atoms with Crippen LogP contribution in [0.3, 0.4) is 0 Å². The number of hydrogen-bond donors (Lipinski definition) is 3. The largest absolute Gasteiger partial charge is 0.479 e. The molecule has 1 heterocycles. The molecular weight excluding hydrogens is 1020 g/mol. The maximum Gasteiger partial charge on any atom is 0.335 e. The van der Waals surface area contributed by atoms with E-state index in [4.69, 9.17) is 23.7 Å². The van der Waals surface area contributed by atoms with Gasteiger partial charge in [-0.15, -0.1) is 0 Å². The van der Waals surface area contributed by atoms with Crippen LogP contribution >= 0.6 is 0 Å². The third-order valence-electron chi connectivity index (χ3n) is 12.3. The second-order valence-corrected chi connectivity index (χ2v) is 19.5. The van der Waals surface area contributed by atoms with E-state index in [1.165, 1.54) is 0 Å². The van der Waals surface area contributed by atoms with Crippen LogP contribution in [0.25, 0.3) is 0 Å². The zero-order valence-electron chi connectivity index (χ0n) is 49.4.